The van der Waals surface area contributed by atoms with Gasteiger partial charge in [0.1, 0.15) is 5.54 Å². The number of nitrogens with zero attached hydrogens (tertiary/aromatic N) is 3. The van der Waals surface area contributed by atoms with Gasteiger partial charge in [0.15, 0.2) is 11.7 Å². The van der Waals surface area contributed by atoms with Crippen LogP contribution in [-0.2, 0) is 11.2 Å². The first-order chi connectivity index (χ1) is 11.1. The van der Waals surface area contributed by atoms with Crippen molar-refractivity contribution in [2.24, 2.45) is 0 Å². The van der Waals surface area contributed by atoms with E-state index in [0.717, 1.165) is 24.8 Å². The van der Waals surface area contributed by atoms with E-state index in [1.165, 1.54) is 0 Å². The number of nitriles is 1. The first kappa shape index (κ1) is 15.3. The van der Waals surface area contributed by atoms with Crippen LogP contribution in [0.3, 0.4) is 0 Å². The molecule has 118 valence electrons. The number of aromatic nitrogens is 1. The van der Waals surface area contributed by atoms with Crippen LogP contribution in [0.5, 0.6) is 0 Å². The lowest BCUT2D eigenvalue weighted by atomic mass is 9.76. The fraction of sp³-hybridized carbons (Fsp3) is 0.389. The molecular formula is C18H19N3O2. The molecule has 3 rings (SSSR count). The van der Waals surface area contributed by atoms with Crippen molar-refractivity contribution < 1.29 is 9.21 Å². The van der Waals surface area contributed by atoms with Crippen molar-refractivity contribution in [2.45, 2.75) is 37.6 Å². The Kier molecular flexibility index (Phi) is 4.16. The van der Waals surface area contributed by atoms with E-state index in [9.17, 15) is 10.1 Å². The molecule has 1 amide bonds. The second-order valence-electron chi connectivity index (χ2n) is 5.93. The molecule has 0 saturated heterocycles. The monoisotopic (exact) mass is 309 g/mol. The third-order valence-corrected chi connectivity index (χ3v) is 4.57. The maximum Gasteiger partial charge on any atom is 0.224 e. The van der Waals surface area contributed by atoms with Crippen LogP contribution in [-0.4, -0.2) is 28.4 Å². The highest BCUT2D eigenvalue weighted by Gasteiger charge is 2.43. The van der Waals surface area contributed by atoms with Crippen LogP contribution >= 0.6 is 0 Å². The van der Waals surface area contributed by atoms with Gasteiger partial charge < -0.3 is 9.32 Å². The van der Waals surface area contributed by atoms with Gasteiger partial charge in [-0.1, -0.05) is 30.3 Å². The zero-order chi connectivity index (χ0) is 16.3. The molecule has 0 aliphatic heterocycles. The minimum Gasteiger partial charge on any atom is -0.441 e. The summed E-state index contributed by atoms with van der Waals surface area (Å²) in [5, 5.41) is 9.30. The van der Waals surface area contributed by atoms with Crippen molar-refractivity contribution in [1.82, 2.24) is 9.88 Å². The van der Waals surface area contributed by atoms with E-state index in [0.29, 0.717) is 24.5 Å². The maximum atomic E-state index is 12.3. The molecule has 0 radical (unpaired) electrons. The molecule has 1 aliphatic carbocycles. The van der Waals surface area contributed by atoms with Crippen molar-refractivity contribution in [3.8, 4) is 17.4 Å². The Morgan fingerprint density at radius 2 is 2.13 bits per heavy atom. The van der Waals surface area contributed by atoms with Crippen molar-refractivity contribution in [1.29, 1.82) is 5.26 Å². The average Bonchev–Trinajstić information content (AvgIpc) is 3.02. The van der Waals surface area contributed by atoms with Gasteiger partial charge in [-0.05, 0) is 19.3 Å². The van der Waals surface area contributed by atoms with Crippen molar-refractivity contribution >= 4 is 5.91 Å². The summed E-state index contributed by atoms with van der Waals surface area (Å²) in [5.74, 6) is 1.21. The Morgan fingerprint density at radius 3 is 2.74 bits per heavy atom. The van der Waals surface area contributed by atoms with Gasteiger partial charge in [0, 0.05) is 25.5 Å². The van der Waals surface area contributed by atoms with Crippen LogP contribution in [0.15, 0.2) is 40.9 Å². The lowest BCUT2D eigenvalue weighted by Crippen LogP contribution is -2.53. The van der Waals surface area contributed by atoms with Crippen LogP contribution in [0.1, 0.15) is 31.6 Å². The summed E-state index contributed by atoms with van der Waals surface area (Å²) in [6.45, 7) is 0. The van der Waals surface area contributed by atoms with E-state index in [1.807, 2.05) is 30.3 Å². The van der Waals surface area contributed by atoms with Gasteiger partial charge in [-0.15, -0.1) is 0 Å². The Labute approximate surface area is 135 Å². The predicted octanol–water partition coefficient (Wildman–Crippen LogP) is 3.18. The van der Waals surface area contributed by atoms with Gasteiger partial charge in [0.25, 0.3) is 0 Å². The van der Waals surface area contributed by atoms with Crippen LogP contribution in [0, 0.1) is 11.3 Å². The summed E-state index contributed by atoms with van der Waals surface area (Å²) < 4.78 is 5.71. The molecular weight excluding hydrogens is 290 g/mol. The number of carbonyl (C=O) groups is 1. The van der Waals surface area contributed by atoms with E-state index in [4.69, 9.17) is 4.42 Å². The normalized spacial score (nSPS) is 15.5. The highest BCUT2D eigenvalue weighted by molar-refractivity contribution is 5.77. The molecule has 0 spiro atoms. The highest BCUT2D eigenvalue weighted by Crippen LogP contribution is 2.36. The first-order valence-corrected chi connectivity index (χ1v) is 7.83. The summed E-state index contributed by atoms with van der Waals surface area (Å²) in [4.78, 5) is 18.1. The van der Waals surface area contributed by atoms with Crippen molar-refractivity contribution in [3.63, 3.8) is 0 Å². The number of rotatable bonds is 5. The lowest BCUT2D eigenvalue weighted by Gasteiger charge is -2.42. The van der Waals surface area contributed by atoms with Crippen LogP contribution < -0.4 is 0 Å². The molecule has 1 fully saturated rings. The summed E-state index contributed by atoms with van der Waals surface area (Å²) in [5.41, 5.74) is 0.371. The number of hydrogen-bond acceptors (Lipinski definition) is 4. The Balaban J connectivity index is 1.60. The third-order valence-electron chi connectivity index (χ3n) is 4.57. The molecule has 1 saturated carbocycles. The molecule has 1 aromatic heterocycles. The van der Waals surface area contributed by atoms with Gasteiger partial charge in [0.2, 0.25) is 5.91 Å². The van der Waals surface area contributed by atoms with Crippen LogP contribution in [0.2, 0.25) is 0 Å². The van der Waals surface area contributed by atoms with Crippen LogP contribution in [0.25, 0.3) is 11.3 Å². The fourth-order valence-electron chi connectivity index (χ4n) is 2.82. The zero-order valence-corrected chi connectivity index (χ0v) is 13.2. The Bertz CT molecular complexity index is 726. The summed E-state index contributed by atoms with van der Waals surface area (Å²) in [7, 11) is 1.72. The maximum absolute atomic E-state index is 12.3. The van der Waals surface area contributed by atoms with E-state index < -0.39 is 5.54 Å². The number of aryl methyl sites for hydroxylation is 1. The van der Waals surface area contributed by atoms with Crippen LogP contribution in [0.4, 0.5) is 0 Å². The lowest BCUT2D eigenvalue weighted by molar-refractivity contribution is -0.136. The largest absolute Gasteiger partial charge is 0.441 e. The number of oxazole rings is 1. The average molecular weight is 309 g/mol. The van der Waals surface area contributed by atoms with Gasteiger partial charge in [-0.25, -0.2) is 4.98 Å². The number of carbonyl (C=O) groups excluding carboxylic acids is 1. The van der Waals surface area contributed by atoms with E-state index in [2.05, 4.69) is 11.1 Å². The second-order valence-corrected chi connectivity index (χ2v) is 5.93. The molecule has 5 heteroatoms. The predicted molar refractivity (Wildman–Crippen MR) is 85.2 cm³/mol. The van der Waals surface area contributed by atoms with Gasteiger partial charge in [-0.2, -0.15) is 5.26 Å². The SMILES string of the molecule is CN(C(=O)CCc1ncc(-c2ccccc2)o1)C1(C#N)CCC1. The molecule has 1 aliphatic rings. The molecule has 0 atom stereocenters. The third kappa shape index (κ3) is 2.98. The van der Waals surface area contributed by atoms with Crippen molar-refractivity contribution in [3.05, 3.63) is 42.4 Å². The van der Waals surface area contributed by atoms with Gasteiger partial charge in [-0.3, -0.25) is 4.79 Å². The first-order valence-electron chi connectivity index (χ1n) is 7.83. The Morgan fingerprint density at radius 1 is 1.39 bits per heavy atom. The minimum absolute atomic E-state index is 0.0364. The number of benzene rings is 1. The van der Waals surface area contributed by atoms with Crippen molar-refractivity contribution in [2.75, 3.05) is 7.05 Å². The highest BCUT2D eigenvalue weighted by atomic mass is 16.4. The minimum atomic E-state index is -0.594. The second kappa shape index (κ2) is 6.25. The smallest absolute Gasteiger partial charge is 0.224 e. The number of amides is 1. The zero-order valence-electron chi connectivity index (χ0n) is 13.2. The molecule has 0 bridgehead atoms. The molecule has 23 heavy (non-hydrogen) atoms. The topological polar surface area (TPSA) is 70.1 Å². The Hall–Kier alpha value is -2.61. The molecule has 1 aromatic carbocycles. The molecule has 0 unspecified atom stereocenters. The van der Waals surface area contributed by atoms with Gasteiger partial charge in [0.05, 0.1) is 12.3 Å². The summed E-state index contributed by atoms with van der Waals surface area (Å²) in [6.07, 6.45) is 4.96. The van der Waals surface area contributed by atoms with E-state index >= 15 is 0 Å². The quantitative estimate of drug-likeness (QED) is 0.850. The molecule has 0 N–H and O–H groups in total. The summed E-state index contributed by atoms with van der Waals surface area (Å²) >= 11 is 0. The summed E-state index contributed by atoms with van der Waals surface area (Å²) in [6, 6.07) is 12.0. The molecule has 1 heterocycles. The standard InChI is InChI=1S/C18H19N3O2/c1-21(18(13-19)10-5-11-18)17(22)9-8-16-20-12-15(23-16)14-6-3-2-4-7-14/h2-4,6-7,12H,5,8-11H2,1H3. The van der Waals surface area contributed by atoms with Gasteiger partial charge >= 0.3 is 0 Å². The fourth-order valence-corrected chi connectivity index (χ4v) is 2.82. The number of hydrogen-bond donors (Lipinski definition) is 0. The molecule has 5 nitrogen and oxygen atoms in total. The molecule has 2 aromatic rings. The van der Waals surface area contributed by atoms with E-state index in [1.54, 1.807) is 18.1 Å². The van der Waals surface area contributed by atoms with E-state index in [-0.39, 0.29) is 5.91 Å².